The zero-order chi connectivity index (χ0) is 18.0. The van der Waals surface area contributed by atoms with Crippen molar-refractivity contribution in [3.05, 3.63) is 48.7 Å². The van der Waals surface area contributed by atoms with Gasteiger partial charge in [0.25, 0.3) is 5.91 Å². The number of benzene rings is 1. The highest BCUT2D eigenvalue weighted by molar-refractivity contribution is 5.98. The van der Waals surface area contributed by atoms with Crippen LogP contribution in [-0.2, 0) is 9.47 Å². The Morgan fingerprint density at radius 1 is 1.46 bits per heavy atom. The molecule has 5 heteroatoms. The summed E-state index contributed by atoms with van der Waals surface area (Å²) in [6.45, 7) is 6.83. The summed E-state index contributed by atoms with van der Waals surface area (Å²) in [5.74, 6) is 0.429. The summed E-state index contributed by atoms with van der Waals surface area (Å²) in [4.78, 5) is 18.2. The Labute approximate surface area is 154 Å². The van der Waals surface area contributed by atoms with Gasteiger partial charge in [-0.05, 0) is 37.1 Å². The second kappa shape index (κ2) is 7.25. The molecule has 26 heavy (non-hydrogen) atoms. The van der Waals surface area contributed by atoms with Crippen LogP contribution in [0.2, 0.25) is 0 Å². The largest absolute Gasteiger partial charge is 0.377 e. The summed E-state index contributed by atoms with van der Waals surface area (Å²) in [6.07, 6.45) is 6.88. The predicted molar refractivity (Wildman–Crippen MR) is 101 cm³/mol. The molecular formula is C21H26N2O3. The number of aromatic amines is 1. The third kappa shape index (κ3) is 3.17. The molecule has 1 aromatic carbocycles. The van der Waals surface area contributed by atoms with Crippen LogP contribution in [0.1, 0.15) is 29.6 Å². The molecule has 5 nitrogen and oxygen atoms in total. The highest BCUT2D eigenvalue weighted by Crippen LogP contribution is 2.41. The summed E-state index contributed by atoms with van der Waals surface area (Å²) in [5.41, 5.74) is 1.54. The van der Waals surface area contributed by atoms with Gasteiger partial charge in [-0.25, -0.2) is 0 Å². The number of nitrogens with zero attached hydrogens (tertiary/aromatic N) is 1. The van der Waals surface area contributed by atoms with Crippen LogP contribution in [0.4, 0.5) is 0 Å². The first-order chi connectivity index (χ1) is 12.7. The summed E-state index contributed by atoms with van der Waals surface area (Å²) < 4.78 is 11.9. The van der Waals surface area contributed by atoms with E-state index in [2.05, 4.69) is 11.6 Å². The van der Waals surface area contributed by atoms with E-state index in [-0.39, 0.29) is 11.5 Å². The van der Waals surface area contributed by atoms with E-state index in [9.17, 15) is 4.79 Å². The number of H-pyrrole nitrogens is 1. The van der Waals surface area contributed by atoms with Crippen LogP contribution in [0.3, 0.4) is 0 Å². The minimum absolute atomic E-state index is 0.0911. The number of aromatic nitrogens is 1. The fraction of sp³-hybridized carbons (Fsp3) is 0.476. The predicted octanol–water partition coefficient (Wildman–Crippen LogP) is 3.38. The monoisotopic (exact) mass is 354 g/mol. The lowest BCUT2D eigenvalue weighted by molar-refractivity contribution is -0.132. The number of nitrogens with one attached hydrogen (secondary N) is 1. The maximum atomic E-state index is 13.1. The molecule has 0 unspecified atom stereocenters. The molecule has 1 saturated heterocycles. The van der Waals surface area contributed by atoms with Gasteiger partial charge in [0.1, 0.15) is 0 Å². The topological polar surface area (TPSA) is 54.6 Å². The third-order valence-corrected chi connectivity index (χ3v) is 5.75. The first-order valence-corrected chi connectivity index (χ1v) is 9.41. The number of ether oxygens (including phenoxy) is 2. The summed E-state index contributed by atoms with van der Waals surface area (Å²) in [7, 11) is 0. The van der Waals surface area contributed by atoms with E-state index in [1.54, 1.807) is 6.08 Å². The highest BCUT2D eigenvalue weighted by Gasteiger charge is 2.47. The van der Waals surface area contributed by atoms with E-state index in [1.807, 2.05) is 35.4 Å². The molecule has 1 aliphatic heterocycles. The summed E-state index contributed by atoms with van der Waals surface area (Å²) in [6, 6.07) is 7.84. The van der Waals surface area contributed by atoms with Crippen LogP contribution in [-0.4, -0.2) is 54.3 Å². The molecule has 1 aliphatic carbocycles. The van der Waals surface area contributed by atoms with Crippen molar-refractivity contribution in [1.29, 1.82) is 0 Å². The zero-order valence-electron chi connectivity index (χ0n) is 15.1. The molecule has 138 valence electrons. The van der Waals surface area contributed by atoms with Crippen molar-refractivity contribution in [2.24, 2.45) is 5.92 Å². The van der Waals surface area contributed by atoms with Crippen LogP contribution in [0.25, 0.3) is 10.9 Å². The number of rotatable bonds is 5. The number of fused-ring (bicyclic) bond motifs is 1. The Morgan fingerprint density at radius 2 is 2.38 bits per heavy atom. The molecule has 1 spiro atoms. The van der Waals surface area contributed by atoms with Crippen molar-refractivity contribution in [2.45, 2.75) is 24.9 Å². The smallest absolute Gasteiger partial charge is 0.254 e. The van der Waals surface area contributed by atoms with E-state index in [0.717, 1.165) is 35.7 Å². The van der Waals surface area contributed by atoms with Crippen molar-refractivity contribution >= 4 is 16.8 Å². The van der Waals surface area contributed by atoms with Gasteiger partial charge in [-0.2, -0.15) is 0 Å². The van der Waals surface area contributed by atoms with Gasteiger partial charge in [-0.15, -0.1) is 6.58 Å². The Hall–Kier alpha value is -2.11. The molecule has 1 amide bonds. The lowest BCUT2D eigenvalue weighted by Crippen LogP contribution is -2.56. The first kappa shape index (κ1) is 17.3. The van der Waals surface area contributed by atoms with Crippen LogP contribution >= 0.6 is 0 Å². The Balaban J connectivity index is 1.50. The normalized spacial score (nSPS) is 25.8. The minimum Gasteiger partial charge on any atom is -0.377 e. The average Bonchev–Trinajstić information content (AvgIpc) is 3.28. The molecule has 2 aliphatic rings. The van der Waals surface area contributed by atoms with E-state index < -0.39 is 0 Å². The van der Waals surface area contributed by atoms with Gasteiger partial charge in [-0.1, -0.05) is 12.5 Å². The average molecular weight is 354 g/mol. The number of morpholine rings is 1. The summed E-state index contributed by atoms with van der Waals surface area (Å²) in [5, 5.41) is 1.07. The molecule has 2 heterocycles. The molecule has 1 aromatic heterocycles. The van der Waals surface area contributed by atoms with Crippen LogP contribution in [0, 0.1) is 5.92 Å². The van der Waals surface area contributed by atoms with E-state index >= 15 is 0 Å². The van der Waals surface area contributed by atoms with Gasteiger partial charge in [0, 0.05) is 35.1 Å². The number of carbonyl (C=O) groups excluding carboxylic acids is 1. The third-order valence-electron chi connectivity index (χ3n) is 5.75. The standard InChI is InChI=1S/C21H26N2O3/c1-2-11-25-14-18-4-3-8-21(18)15-23(10-12-26-21)20(24)17-5-6-19-16(13-17)7-9-22-19/h2,5-7,9,13,18,22H,1,3-4,8,10-12,14-15H2/t18-,21-/m0/s1. The fourth-order valence-corrected chi connectivity index (χ4v) is 4.39. The maximum absolute atomic E-state index is 13.1. The fourth-order valence-electron chi connectivity index (χ4n) is 4.39. The number of amides is 1. The highest BCUT2D eigenvalue weighted by atomic mass is 16.5. The molecule has 0 bridgehead atoms. The van der Waals surface area contributed by atoms with Gasteiger partial charge >= 0.3 is 0 Å². The molecule has 2 aromatic rings. The molecule has 2 fully saturated rings. The van der Waals surface area contributed by atoms with Crippen molar-refractivity contribution in [2.75, 3.05) is 32.9 Å². The maximum Gasteiger partial charge on any atom is 0.254 e. The minimum atomic E-state index is -0.257. The van der Waals surface area contributed by atoms with Gasteiger partial charge in [0.2, 0.25) is 0 Å². The van der Waals surface area contributed by atoms with Crippen molar-refractivity contribution in [3.8, 4) is 0 Å². The van der Waals surface area contributed by atoms with Crippen molar-refractivity contribution < 1.29 is 14.3 Å². The SMILES string of the molecule is C=CCOC[C@@H]1CCC[C@]12CN(C(=O)c1ccc3[nH]ccc3c1)CCO2. The molecular weight excluding hydrogens is 328 g/mol. The molecule has 1 N–H and O–H groups in total. The van der Waals surface area contributed by atoms with Crippen molar-refractivity contribution in [1.82, 2.24) is 9.88 Å². The summed E-state index contributed by atoms with van der Waals surface area (Å²) >= 11 is 0. The van der Waals surface area contributed by atoms with E-state index in [4.69, 9.17) is 9.47 Å². The Kier molecular flexibility index (Phi) is 4.83. The second-order valence-electron chi connectivity index (χ2n) is 7.33. The van der Waals surface area contributed by atoms with E-state index in [1.165, 1.54) is 0 Å². The molecule has 4 rings (SSSR count). The van der Waals surface area contributed by atoms with Crippen molar-refractivity contribution in [3.63, 3.8) is 0 Å². The lowest BCUT2D eigenvalue weighted by atomic mass is 9.89. The molecule has 2 atom stereocenters. The van der Waals surface area contributed by atoms with Crippen LogP contribution in [0.15, 0.2) is 43.1 Å². The molecule has 1 saturated carbocycles. The Bertz CT molecular complexity index is 799. The van der Waals surface area contributed by atoms with Gasteiger partial charge in [0.05, 0.1) is 32.0 Å². The van der Waals surface area contributed by atoms with Gasteiger partial charge in [0.15, 0.2) is 0 Å². The zero-order valence-corrected chi connectivity index (χ0v) is 15.1. The quantitative estimate of drug-likeness (QED) is 0.661. The second-order valence-corrected chi connectivity index (χ2v) is 7.33. The number of hydrogen-bond donors (Lipinski definition) is 1. The van der Waals surface area contributed by atoms with Gasteiger partial charge < -0.3 is 19.4 Å². The van der Waals surface area contributed by atoms with Crippen LogP contribution in [0.5, 0.6) is 0 Å². The van der Waals surface area contributed by atoms with E-state index in [0.29, 0.717) is 38.8 Å². The molecule has 0 radical (unpaired) electrons. The number of hydrogen-bond acceptors (Lipinski definition) is 3. The lowest BCUT2D eigenvalue weighted by Gasteiger charge is -2.44. The van der Waals surface area contributed by atoms with Crippen LogP contribution < -0.4 is 0 Å². The Morgan fingerprint density at radius 3 is 3.27 bits per heavy atom. The van der Waals surface area contributed by atoms with Gasteiger partial charge in [-0.3, -0.25) is 4.79 Å². The first-order valence-electron chi connectivity index (χ1n) is 9.41. The number of carbonyl (C=O) groups is 1.